The number of nitrogens with zero attached hydrogens (tertiary/aromatic N) is 3. The highest BCUT2D eigenvalue weighted by Gasteiger charge is 2.10. The molecule has 0 unspecified atom stereocenters. The number of nitrogens with one attached hydrogen (secondary N) is 4. The van der Waals surface area contributed by atoms with Crippen LogP contribution < -0.4 is 27.0 Å². The van der Waals surface area contributed by atoms with E-state index in [1.54, 1.807) is 30.3 Å². The Labute approximate surface area is 250 Å². The van der Waals surface area contributed by atoms with Gasteiger partial charge in [-0.1, -0.05) is 48.0 Å². The zero-order valence-electron chi connectivity index (χ0n) is 24.1. The standard InChI is InChI=1S/C31H37FN8O3/c1-22-5-7-23(8-6-22)20-35-29-38-30(36-21-24-9-11-26(32)12-10-24)40-31(39-29)37-27-4-2-3-25(19-27)28(41)34-14-16-43-18-17-42-15-13-33/h2-12,19H,13-18,20-21,33H2,1H3,(H,34,41)(H3,35,36,37,38,39,40). The van der Waals surface area contributed by atoms with Crippen molar-refractivity contribution in [2.45, 2.75) is 20.0 Å². The molecule has 0 atom stereocenters. The average molecular weight is 589 g/mol. The largest absolute Gasteiger partial charge is 0.378 e. The molecule has 0 saturated carbocycles. The first kappa shape index (κ1) is 31.3. The molecule has 0 radical (unpaired) electrons. The molecule has 0 aliphatic rings. The number of benzene rings is 3. The molecule has 0 spiro atoms. The molecule has 0 bridgehead atoms. The van der Waals surface area contributed by atoms with Crippen molar-refractivity contribution in [1.29, 1.82) is 0 Å². The minimum absolute atomic E-state index is 0.232. The maximum absolute atomic E-state index is 13.3. The molecule has 3 aromatic carbocycles. The summed E-state index contributed by atoms with van der Waals surface area (Å²) in [4.78, 5) is 26.2. The fraction of sp³-hybridized carbons (Fsp3) is 0.290. The maximum Gasteiger partial charge on any atom is 0.251 e. The molecule has 0 fully saturated rings. The molecular weight excluding hydrogens is 551 g/mol. The zero-order chi connectivity index (χ0) is 30.3. The monoisotopic (exact) mass is 588 g/mol. The number of aromatic nitrogens is 3. The van der Waals surface area contributed by atoms with Crippen molar-refractivity contribution in [2.75, 3.05) is 55.5 Å². The number of amides is 1. The number of hydrogen-bond donors (Lipinski definition) is 5. The molecule has 0 aliphatic heterocycles. The number of carbonyl (C=O) groups excluding carboxylic acids is 1. The first-order valence-electron chi connectivity index (χ1n) is 14.0. The van der Waals surface area contributed by atoms with Gasteiger partial charge in [-0.3, -0.25) is 4.79 Å². The van der Waals surface area contributed by atoms with Crippen LogP contribution in [0.15, 0.2) is 72.8 Å². The third-order valence-corrected chi connectivity index (χ3v) is 6.12. The van der Waals surface area contributed by atoms with Crippen LogP contribution in [0.3, 0.4) is 0 Å². The number of carbonyl (C=O) groups is 1. The van der Waals surface area contributed by atoms with E-state index < -0.39 is 0 Å². The highest BCUT2D eigenvalue weighted by atomic mass is 19.1. The van der Waals surface area contributed by atoms with Gasteiger partial charge in [0.15, 0.2) is 0 Å². The maximum atomic E-state index is 13.3. The van der Waals surface area contributed by atoms with Crippen molar-refractivity contribution >= 4 is 29.4 Å². The van der Waals surface area contributed by atoms with Crippen LogP contribution in [-0.4, -0.2) is 60.4 Å². The lowest BCUT2D eigenvalue weighted by atomic mass is 10.1. The van der Waals surface area contributed by atoms with Crippen LogP contribution in [0.1, 0.15) is 27.0 Å². The Hall–Kier alpha value is -4.65. The van der Waals surface area contributed by atoms with Gasteiger partial charge in [-0.05, 0) is 48.4 Å². The van der Waals surface area contributed by atoms with E-state index in [4.69, 9.17) is 15.2 Å². The first-order chi connectivity index (χ1) is 21.0. The van der Waals surface area contributed by atoms with E-state index >= 15 is 0 Å². The normalized spacial score (nSPS) is 10.8. The lowest BCUT2D eigenvalue weighted by Crippen LogP contribution is -2.27. The predicted molar refractivity (Wildman–Crippen MR) is 165 cm³/mol. The minimum atomic E-state index is -0.300. The van der Waals surface area contributed by atoms with Crippen LogP contribution >= 0.6 is 0 Å². The third kappa shape index (κ3) is 10.9. The second-order valence-electron chi connectivity index (χ2n) is 9.60. The van der Waals surface area contributed by atoms with Crippen molar-refractivity contribution in [1.82, 2.24) is 20.3 Å². The Bertz CT molecular complexity index is 1370. The molecule has 43 heavy (non-hydrogen) atoms. The fourth-order valence-corrected chi connectivity index (χ4v) is 3.87. The molecular formula is C31H37FN8O3. The summed E-state index contributed by atoms with van der Waals surface area (Å²) in [6.45, 7) is 5.53. The summed E-state index contributed by atoms with van der Waals surface area (Å²) in [7, 11) is 0. The molecule has 6 N–H and O–H groups in total. The topological polar surface area (TPSA) is 148 Å². The molecule has 4 aromatic rings. The van der Waals surface area contributed by atoms with Gasteiger partial charge in [0.1, 0.15) is 5.82 Å². The number of hydrogen-bond acceptors (Lipinski definition) is 10. The molecule has 11 nitrogen and oxygen atoms in total. The van der Waals surface area contributed by atoms with Crippen molar-refractivity contribution in [2.24, 2.45) is 5.73 Å². The zero-order valence-corrected chi connectivity index (χ0v) is 24.1. The highest BCUT2D eigenvalue weighted by molar-refractivity contribution is 5.95. The SMILES string of the molecule is Cc1ccc(CNc2nc(NCc3ccc(F)cc3)nc(Nc3cccc(C(=O)NCCOCCOCCN)c3)n2)cc1. The van der Waals surface area contributed by atoms with Crippen molar-refractivity contribution in [3.63, 3.8) is 0 Å². The molecule has 4 rings (SSSR count). The lowest BCUT2D eigenvalue weighted by molar-refractivity contribution is 0.0511. The molecule has 0 aliphatic carbocycles. The van der Waals surface area contributed by atoms with Gasteiger partial charge in [0.05, 0.1) is 26.4 Å². The van der Waals surface area contributed by atoms with E-state index in [1.807, 2.05) is 37.3 Å². The number of aryl methyl sites for hydroxylation is 1. The van der Waals surface area contributed by atoms with Crippen LogP contribution in [0.25, 0.3) is 0 Å². The van der Waals surface area contributed by atoms with E-state index in [-0.39, 0.29) is 17.7 Å². The van der Waals surface area contributed by atoms with Gasteiger partial charge in [-0.25, -0.2) is 4.39 Å². The van der Waals surface area contributed by atoms with E-state index in [2.05, 4.69) is 36.2 Å². The van der Waals surface area contributed by atoms with E-state index in [9.17, 15) is 9.18 Å². The molecule has 0 saturated heterocycles. The van der Waals surface area contributed by atoms with Gasteiger partial charge in [0.2, 0.25) is 17.8 Å². The van der Waals surface area contributed by atoms with E-state index in [1.165, 1.54) is 17.7 Å². The number of halogens is 1. The summed E-state index contributed by atoms with van der Waals surface area (Å²) in [5, 5.41) is 12.4. The summed E-state index contributed by atoms with van der Waals surface area (Å²) in [6, 6.07) is 21.4. The van der Waals surface area contributed by atoms with E-state index in [0.717, 1.165) is 11.1 Å². The highest BCUT2D eigenvalue weighted by Crippen LogP contribution is 2.18. The van der Waals surface area contributed by atoms with Crippen molar-refractivity contribution < 1.29 is 18.7 Å². The fourth-order valence-electron chi connectivity index (χ4n) is 3.87. The van der Waals surface area contributed by atoms with Crippen LogP contribution in [0.5, 0.6) is 0 Å². The first-order valence-corrected chi connectivity index (χ1v) is 14.0. The Kier molecular flexibility index (Phi) is 12.2. The van der Waals surface area contributed by atoms with Gasteiger partial charge >= 0.3 is 0 Å². The van der Waals surface area contributed by atoms with Crippen molar-refractivity contribution in [3.8, 4) is 0 Å². The van der Waals surface area contributed by atoms with Crippen molar-refractivity contribution in [3.05, 3.63) is 101 Å². The third-order valence-electron chi connectivity index (χ3n) is 6.12. The summed E-state index contributed by atoms with van der Waals surface area (Å²) < 4.78 is 24.0. The Balaban J connectivity index is 1.40. The number of rotatable bonds is 17. The summed E-state index contributed by atoms with van der Waals surface area (Å²) in [6.07, 6.45) is 0. The molecule has 12 heteroatoms. The smallest absolute Gasteiger partial charge is 0.251 e. The van der Waals surface area contributed by atoms with Crippen LogP contribution in [0.2, 0.25) is 0 Å². The lowest BCUT2D eigenvalue weighted by Gasteiger charge is -2.12. The van der Waals surface area contributed by atoms with Crippen LogP contribution in [0.4, 0.5) is 27.9 Å². The molecule has 1 heterocycles. The van der Waals surface area contributed by atoms with Gasteiger partial charge < -0.3 is 36.5 Å². The summed E-state index contributed by atoms with van der Waals surface area (Å²) >= 11 is 0. The second-order valence-corrected chi connectivity index (χ2v) is 9.60. The summed E-state index contributed by atoms with van der Waals surface area (Å²) in [5.74, 6) is 0.444. The second kappa shape index (κ2) is 16.7. The van der Waals surface area contributed by atoms with Gasteiger partial charge in [-0.2, -0.15) is 15.0 Å². The van der Waals surface area contributed by atoms with Gasteiger partial charge in [0, 0.05) is 37.4 Å². The number of anilines is 4. The predicted octanol–water partition coefficient (Wildman–Crippen LogP) is 4.01. The van der Waals surface area contributed by atoms with Crippen LogP contribution in [0, 0.1) is 12.7 Å². The van der Waals surface area contributed by atoms with Crippen LogP contribution in [-0.2, 0) is 22.6 Å². The Morgan fingerprint density at radius 2 is 1.40 bits per heavy atom. The minimum Gasteiger partial charge on any atom is -0.378 e. The molecule has 1 amide bonds. The Morgan fingerprint density at radius 3 is 2.05 bits per heavy atom. The van der Waals surface area contributed by atoms with Gasteiger partial charge in [0.25, 0.3) is 5.91 Å². The number of ether oxygens (including phenoxy) is 2. The molecule has 1 aromatic heterocycles. The molecule has 226 valence electrons. The van der Waals surface area contributed by atoms with E-state index in [0.29, 0.717) is 75.8 Å². The quantitative estimate of drug-likeness (QED) is 0.115. The average Bonchev–Trinajstić information content (AvgIpc) is 3.02. The number of nitrogens with two attached hydrogens (primary N) is 1. The Morgan fingerprint density at radius 1 is 0.791 bits per heavy atom. The summed E-state index contributed by atoms with van der Waals surface area (Å²) in [5.41, 5.74) is 9.59. The van der Waals surface area contributed by atoms with Gasteiger partial charge in [-0.15, -0.1) is 0 Å².